The number of hydrogen-bond acceptors (Lipinski definition) is 5. The van der Waals surface area contributed by atoms with Crippen LogP contribution in [0.4, 0.5) is 0 Å². The van der Waals surface area contributed by atoms with Crippen LogP contribution < -0.4 is 9.47 Å². The Morgan fingerprint density at radius 1 is 1.04 bits per heavy atom. The highest BCUT2D eigenvalue weighted by Crippen LogP contribution is 2.36. The van der Waals surface area contributed by atoms with E-state index in [2.05, 4.69) is 0 Å². The number of rotatable bonds is 4. The van der Waals surface area contributed by atoms with Crippen LogP contribution in [0.2, 0.25) is 0 Å². The molecular formula is C19H19NO5S. The maximum Gasteiger partial charge on any atom is 0.231 e. The molecule has 0 spiro atoms. The van der Waals surface area contributed by atoms with E-state index in [0.717, 1.165) is 23.3 Å². The molecule has 2 aromatic carbocycles. The molecule has 0 N–H and O–H groups in total. The maximum atomic E-state index is 12.5. The average molecular weight is 373 g/mol. The van der Waals surface area contributed by atoms with Crippen LogP contribution in [-0.4, -0.2) is 38.3 Å². The summed E-state index contributed by atoms with van der Waals surface area (Å²) in [4.78, 5) is 14.5. The van der Waals surface area contributed by atoms with Crippen LogP contribution in [0.1, 0.15) is 17.5 Å². The van der Waals surface area contributed by atoms with Crippen molar-refractivity contribution < 1.29 is 22.7 Å². The Morgan fingerprint density at radius 2 is 1.73 bits per heavy atom. The molecule has 4 rings (SSSR count). The molecular weight excluding hydrogens is 354 g/mol. The van der Waals surface area contributed by atoms with Gasteiger partial charge in [0.25, 0.3) is 0 Å². The van der Waals surface area contributed by atoms with Crippen LogP contribution in [0.3, 0.4) is 0 Å². The van der Waals surface area contributed by atoms with E-state index in [-0.39, 0.29) is 29.8 Å². The summed E-state index contributed by atoms with van der Waals surface area (Å²) >= 11 is 0. The van der Waals surface area contributed by atoms with Crippen LogP contribution in [0, 0.1) is 0 Å². The summed E-state index contributed by atoms with van der Waals surface area (Å²) < 4.78 is 35.5. The molecule has 0 fully saturated rings. The lowest BCUT2D eigenvalue weighted by molar-refractivity contribution is -0.131. The molecule has 0 aromatic heterocycles. The molecule has 0 unspecified atom stereocenters. The van der Waals surface area contributed by atoms with Crippen molar-refractivity contribution in [3.63, 3.8) is 0 Å². The van der Waals surface area contributed by atoms with Gasteiger partial charge in [-0.15, -0.1) is 0 Å². The molecule has 2 aromatic rings. The van der Waals surface area contributed by atoms with E-state index < -0.39 is 9.84 Å². The van der Waals surface area contributed by atoms with Gasteiger partial charge in [-0.2, -0.15) is 0 Å². The van der Waals surface area contributed by atoms with Gasteiger partial charge in [-0.1, -0.05) is 18.2 Å². The second-order valence-corrected chi connectivity index (χ2v) is 8.53. The number of hydrogen-bond donors (Lipinski definition) is 0. The fraction of sp³-hybridized carbons (Fsp3) is 0.316. The van der Waals surface area contributed by atoms with E-state index in [1.165, 1.54) is 0 Å². The molecule has 0 aliphatic carbocycles. The minimum absolute atomic E-state index is 0.0168. The second-order valence-electron chi connectivity index (χ2n) is 6.42. The Bertz CT molecular complexity index is 940. The summed E-state index contributed by atoms with van der Waals surface area (Å²) in [5, 5.41) is 0. The molecule has 7 heteroatoms. The van der Waals surface area contributed by atoms with Gasteiger partial charge in [0.1, 0.15) is 0 Å². The Balaban J connectivity index is 1.42. The van der Waals surface area contributed by atoms with Crippen LogP contribution in [0.5, 0.6) is 11.5 Å². The van der Waals surface area contributed by atoms with Gasteiger partial charge >= 0.3 is 0 Å². The Labute approximate surface area is 152 Å². The Hall–Kier alpha value is -2.54. The zero-order valence-electron chi connectivity index (χ0n) is 14.2. The summed E-state index contributed by atoms with van der Waals surface area (Å²) in [6.45, 7) is 1.27. The molecule has 0 saturated heterocycles. The van der Waals surface area contributed by atoms with Crippen molar-refractivity contribution in [2.75, 3.05) is 19.1 Å². The molecule has 0 bridgehead atoms. The Morgan fingerprint density at radius 3 is 2.46 bits per heavy atom. The van der Waals surface area contributed by atoms with E-state index in [0.29, 0.717) is 18.8 Å². The minimum atomic E-state index is -3.45. The van der Waals surface area contributed by atoms with Gasteiger partial charge in [-0.3, -0.25) is 4.79 Å². The van der Waals surface area contributed by atoms with Crippen molar-refractivity contribution >= 4 is 15.7 Å². The van der Waals surface area contributed by atoms with Crippen molar-refractivity contribution in [3.8, 4) is 11.5 Å². The van der Waals surface area contributed by atoms with Gasteiger partial charge in [0.2, 0.25) is 12.7 Å². The predicted octanol–water partition coefficient (Wildman–Crippen LogP) is 2.16. The monoisotopic (exact) mass is 373 g/mol. The van der Waals surface area contributed by atoms with Gasteiger partial charge in [-0.05, 0) is 41.8 Å². The van der Waals surface area contributed by atoms with Gasteiger partial charge in [0, 0.05) is 19.5 Å². The first-order chi connectivity index (χ1) is 12.5. The molecule has 1 amide bonds. The lowest BCUT2D eigenvalue weighted by Crippen LogP contribution is -2.36. The lowest BCUT2D eigenvalue weighted by Gasteiger charge is -2.29. The molecule has 0 radical (unpaired) electrons. The fourth-order valence-electron chi connectivity index (χ4n) is 3.28. The van der Waals surface area contributed by atoms with Gasteiger partial charge in [-0.25, -0.2) is 8.42 Å². The number of ether oxygens (including phenoxy) is 2. The van der Waals surface area contributed by atoms with E-state index in [9.17, 15) is 13.2 Å². The molecule has 6 nitrogen and oxygen atoms in total. The smallest absolute Gasteiger partial charge is 0.231 e. The molecule has 2 heterocycles. The molecule has 0 atom stereocenters. The summed E-state index contributed by atoms with van der Waals surface area (Å²) in [6, 6.07) is 12.1. The van der Waals surface area contributed by atoms with Crippen molar-refractivity contribution in [1.82, 2.24) is 4.90 Å². The third-order valence-electron chi connectivity index (χ3n) is 4.75. The summed E-state index contributed by atoms with van der Waals surface area (Å²) in [6.07, 6.45) is 0.709. The van der Waals surface area contributed by atoms with E-state index in [4.69, 9.17) is 9.47 Å². The van der Waals surface area contributed by atoms with E-state index in [1.54, 1.807) is 35.2 Å². The first kappa shape index (κ1) is 16.9. The quantitative estimate of drug-likeness (QED) is 0.821. The van der Waals surface area contributed by atoms with E-state index >= 15 is 0 Å². The third-order valence-corrected chi connectivity index (χ3v) is 6.48. The number of amides is 1. The number of nitrogens with zero attached hydrogens (tertiary/aromatic N) is 1. The zero-order chi connectivity index (χ0) is 18.1. The van der Waals surface area contributed by atoms with Crippen LogP contribution in [0.25, 0.3) is 0 Å². The summed E-state index contributed by atoms with van der Waals surface area (Å²) in [5.41, 5.74) is 2.18. The van der Waals surface area contributed by atoms with Gasteiger partial charge in [0.15, 0.2) is 21.3 Å². The van der Waals surface area contributed by atoms with Crippen molar-refractivity contribution in [1.29, 1.82) is 0 Å². The van der Waals surface area contributed by atoms with Crippen LogP contribution in [-0.2, 0) is 27.6 Å². The summed E-state index contributed by atoms with van der Waals surface area (Å²) in [7, 11) is -3.45. The lowest BCUT2D eigenvalue weighted by atomic mass is 9.98. The second kappa shape index (κ2) is 6.64. The van der Waals surface area contributed by atoms with Crippen LogP contribution in [0.15, 0.2) is 47.4 Å². The van der Waals surface area contributed by atoms with Gasteiger partial charge in [0.05, 0.1) is 10.6 Å². The number of carbonyl (C=O) groups excluding carboxylic acids is 1. The van der Waals surface area contributed by atoms with Crippen molar-refractivity contribution in [3.05, 3.63) is 53.6 Å². The normalized spacial score (nSPS) is 15.6. The first-order valence-electron chi connectivity index (χ1n) is 8.50. The summed E-state index contributed by atoms with van der Waals surface area (Å²) in [5.74, 6) is 1.12. The minimum Gasteiger partial charge on any atom is -0.454 e. The maximum absolute atomic E-state index is 12.5. The molecule has 2 aliphatic heterocycles. The van der Waals surface area contributed by atoms with Crippen molar-refractivity contribution in [2.24, 2.45) is 0 Å². The number of fused-ring (bicyclic) bond motifs is 2. The fourth-order valence-corrected chi connectivity index (χ4v) is 4.54. The third kappa shape index (κ3) is 3.26. The zero-order valence-corrected chi connectivity index (χ0v) is 15.0. The standard InChI is InChI=1S/C19H19NO5S/c21-19(7-9-26(22,23)16-4-2-1-3-5-16)20-8-6-14-10-17-18(25-13-24-17)11-15(14)12-20/h1-5,10-11H,6-9,12-13H2. The highest BCUT2D eigenvalue weighted by Gasteiger charge is 2.26. The van der Waals surface area contributed by atoms with E-state index in [1.807, 2.05) is 12.1 Å². The van der Waals surface area contributed by atoms with Crippen molar-refractivity contribution in [2.45, 2.75) is 24.3 Å². The first-order valence-corrected chi connectivity index (χ1v) is 10.2. The molecule has 0 saturated carbocycles. The highest BCUT2D eigenvalue weighted by atomic mass is 32.2. The molecule has 26 heavy (non-hydrogen) atoms. The number of benzene rings is 2. The SMILES string of the molecule is O=C(CCS(=O)(=O)c1ccccc1)N1CCc2cc3c(cc2C1)OCO3. The average Bonchev–Trinajstić information content (AvgIpc) is 3.11. The Kier molecular flexibility index (Phi) is 4.32. The van der Waals surface area contributed by atoms with Gasteiger partial charge < -0.3 is 14.4 Å². The molecule has 136 valence electrons. The predicted molar refractivity (Wildman–Crippen MR) is 94.8 cm³/mol. The largest absolute Gasteiger partial charge is 0.454 e. The topological polar surface area (TPSA) is 72.9 Å². The number of sulfone groups is 1. The highest BCUT2D eigenvalue weighted by molar-refractivity contribution is 7.91. The number of carbonyl (C=O) groups is 1. The molecule has 2 aliphatic rings. The van der Waals surface area contributed by atoms with Crippen LogP contribution >= 0.6 is 0 Å².